The molecule has 0 unspecified atom stereocenters. The Labute approximate surface area is 37.6 Å². The van der Waals surface area contributed by atoms with Gasteiger partial charge in [0.05, 0.1) is 0 Å². The third-order valence-electron chi connectivity index (χ3n) is 0.465. The summed E-state index contributed by atoms with van der Waals surface area (Å²) in [5.41, 5.74) is 5.03. The molecule has 0 radical (unpaired) electrons. The average Bonchev–Trinajstić information content (AvgIpc) is 1.65. The highest BCUT2D eigenvalue weighted by Crippen LogP contribution is 1.67. The fourth-order valence-corrected chi connectivity index (χ4v) is 0.0962. The van der Waals surface area contributed by atoms with Crippen molar-refractivity contribution in [1.82, 2.24) is 0 Å². The van der Waals surface area contributed by atoms with Gasteiger partial charge in [-0.1, -0.05) is 0 Å². The molecular weight excluding hydrogens is 80.8 g/mol. The van der Waals surface area contributed by atoms with Gasteiger partial charge >= 0.3 is 7.25 Å². The van der Waals surface area contributed by atoms with Crippen molar-refractivity contribution >= 4 is 7.25 Å². The van der Waals surface area contributed by atoms with E-state index in [1.54, 1.807) is 0 Å². The Hall–Kier alpha value is -0.0551. The number of hydrogen-bond acceptors (Lipinski definition) is 3. The van der Waals surface area contributed by atoms with Crippen molar-refractivity contribution in [2.75, 3.05) is 14.2 Å². The van der Waals surface area contributed by atoms with Crippen molar-refractivity contribution in [3.05, 3.63) is 0 Å². The van der Waals surface area contributed by atoms with Gasteiger partial charge in [-0.05, 0) is 0 Å². The molecule has 0 saturated heterocycles. The van der Waals surface area contributed by atoms with Crippen LogP contribution in [0.25, 0.3) is 0 Å². The minimum absolute atomic E-state index is 0.565. The number of hydrogen-bond donors (Lipinski definition) is 1. The lowest BCUT2D eigenvalue weighted by Crippen LogP contribution is -2.30. The molecule has 6 heavy (non-hydrogen) atoms. The quantitative estimate of drug-likeness (QED) is 0.451. The van der Waals surface area contributed by atoms with Gasteiger partial charge in [0.15, 0.2) is 0 Å². The molecule has 2 N–H and O–H groups in total. The van der Waals surface area contributed by atoms with E-state index in [0.29, 0.717) is 0 Å². The maximum Gasteiger partial charge on any atom is 0.551 e. The van der Waals surface area contributed by atoms with E-state index in [4.69, 9.17) is 5.64 Å². The highest BCUT2D eigenvalue weighted by atomic mass is 16.6. The molecule has 0 aromatic heterocycles. The Morgan fingerprint density at radius 2 is 1.67 bits per heavy atom. The lowest BCUT2D eigenvalue weighted by atomic mass is 10.2. The van der Waals surface area contributed by atoms with E-state index in [0.717, 1.165) is 0 Å². The lowest BCUT2D eigenvalue weighted by molar-refractivity contribution is 0.279. The van der Waals surface area contributed by atoms with Gasteiger partial charge in [-0.15, -0.1) is 0 Å². The Morgan fingerprint density at radius 1 is 1.33 bits per heavy atom. The van der Waals surface area contributed by atoms with Crippen LogP contribution in [-0.4, -0.2) is 21.5 Å². The first-order valence-corrected chi connectivity index (χ1v) is 1.62. The summed E-state index contributed by atoms with van der Waals surface area (Å²) < 4.78 is 8.91. The highest BCUT2D eigenvalue weighted by Gasteiger charge is 2.02. The van der Waals surface area contributed by atoms with Gasteiger partial charge in [0.2, 0.25) is 0 Å². The third-order valence-corrected chi connectivity index (χ3v) is 0.465. The summed E-state index contributed by atoms with van der Waals surface area (Å²) in [7, 11) is 2.40. The van der Waals surface area contributed by atoms with Gasteiger partial charge in [0, 0.05) is 14.2 Å². The molecule has 0 saturated carbocycles. The molecule has 0 aliphatic heterocycles. The van der Waals surface area contributed by atoms with Gasteiger partial charge in [-0.3, -0.25) is 0 Å². The monoisotopic (exact) mass is 89.1 g/mol. The SMILES string of the molecule is COB(N)OC. The second kappa shape index (κ2) is 3.15. The summed E-state index contributed by atoms with van der Waals surface area (Å²) in [6, 6.07) is 0. The minimum atomic E-state index is -0.565. The smallest absolute Gasteiger partial charge is 0.400 e. The molecule has 0 aliphatic carbocycles. The van der Waals surface area contributed by atoms with E-state index in [1.165, 1.54) is 14.2 Å². The summed E-state index contributed by atoms with van der Waals surface area (Å²) in [5.74, 6) is 0. The molecule has 0 aromatic rings. The van der Waals surface area contributed by atoms with Gasteiger partial charge in [-0.2, -0.15) is 0 Å². The fraction of sp³-hybridized carbons (Fsp3) is 1.00. The van der Waals surface area contributed by atoms with Crippen molar-refractivity contribution in [3.63, 3.8) is 0 Å². The molecule has 3 nitrogen and oxygen atoms in total. The maximum atomic E-state index is 5.03. The summed E-state index contributed by atoms with van der Waals surface area (Å²) in [5, 5.41) is 0. The second-order valence-corrected chi connectivity index (χ2v) is 0.840. The van der Waals surface area contributed by atoms with Crippen LogP contribution < -0.4 is 5.64 Å². The van der Waals surface area contributed by atoms with Crippen molar-refractivity contribution in [3.8, 4) is 0 Å². The molecule has 0 atom stereocenters. The normalized spacial score (nSPS) is 8.50. The Morgan fingerprint density at radius 3 is 1.67 bits per heavy atom. The number of rotatable bonds is 2. The molecule has 0 aliphatic rings. The van der Waals surface area contributed by atoms with E-state index in [2.05, 4.69) is 9.31 Å². The van der Waals surface area contributed by atoms with E-state index in [1.807, 2.05) is 0 Å². The topological polar surface area (TPSA) is 44.5 Å². The average molecular weight is 88.9 g/mol. The zero-order valence-corrected chi connectivity index (χ0v) is 3.97. The van der Waals surface area contributed by atoms with E-state index in [9.17, 15) is 0 Å². The van der Waals surface area contributed by atoms with Crippen LogP contribution in [0.3, 0.4) is 0 Å². The Balaban J connectivity index is 2.75. The van der Waals surface area contributed by atoms with E-state index < -0.39 is 7.25 Å². The minimum Gasteiger partial charge on any atom is -0.400 e. The summed E-state index contributed by atoms with van der Waals surface area (Å²) >= 11 is 0. The predicted octanol–water partition coefficient (Wildman–Crippen LogP) is -0.777. The summed E-state index contributed by atoms with van der Waals surface area (Å²) in [6.45, 7) is 0. The van der Waals surface area contributed by atoms with Crippen LogP contribution in [0.5, 0.6) is 0 Å². The molecule has 4 heteroatoms. The highest BCUT2D eigenvalue weighted by molar-refractivity contribution is 6.39. The zero-order chi connectivity index (χ0) is 4.99. The first kappa shape index (κ1) is 5.94. The fourth-order valence-electron chi connectivity index (χ4n) is 0.0962. The Kier molecular flexibility index (Phi) is 3.12. The Bertz CT molecular complexity index is 30.7. The van der Waals surface area contributed by atoms with Crippen molar-refractivity contribution in [2.45, 2.75) is 0 Å². The molecule has 0 heterocycles. The molecule has 0 aromatic carbocycles. The summed E-state index contributed by atoms with van der Waals surface area (Å²) in [4.78, 5) is 0. The van der Waals surface area contributed by atoms with Crippen LogP contribution in [-0.2, 0) is 9.31 Å². The van der Waals surface area contributed by atoms with Crippen LogP contribution in [0.2, 0.25) is 0 Å². The van der Waals surface area contributed by atoms with E-state index >= 15 is 0 Å². The standard InChI is InChI=1S/C2H8BNO2/c1-5-3(4)6-2/h4H2,1-2H3. The molecule has 0 spiro atoms. The van der Waals surface area contributed by atoms with Gasteiger partial charge in [0.1, 0.15) is 0 Å². The third kappa shape index (κ3) is 2.20. The zero-order valence-electron chi connectivity index (χ0n) is 3.97. The van der Waals surface area contributed by atoms with Gasteiger partial charge in [-0.25, -0.2) is 0 Å². The first-order valence-electron chi connectivity index (χ1n) is 1.62. The molecule has 0 bridgehead atoms. The van der Waals surface area contributed by atoms with Crippen LogP contribution in [0.1, 0.15) is 0 Å². The van der Waals surface area contributed by atoms with Crippen molar-refractivity contribution in [1.29, 1.82) is 0 Å². The van der Waals surface area contributed by atoms with Gasteiger partial charge in [0.25, 0.3) is 0 Å². The van der Waals surface area contributed by atoms with Crippen molar-refractivity contribution in [2.24, 2.45) is 5.64 Å². The summed E-state index contributed by atoms with van der Waals surface area (Å²) in [6.07, 6.45) is 0. The van der Waals surface area contributed by atoms with Crippen LogP contribution >= 0.6 is 0 Å². The molecule has 0 fully saturated rings. The van der Waals surface area contributed by atoms with E-state index in [-0.39, 0.29) is 0 Å². The van der Waals surface area contributed by atoms with Crippen LogP contribution in [0.4, 0.5) is 0 Å². The molecule has 36 valence electrons. The first-order chi connectivity index (χ1) is 2.81. The van der Waals surface area contributed by atoms with Crippen molar-refractivity contribution < 1.29 is 9.31 Å². The van der Waals surface area contributed by atoms with Gasteiger partial charge < -0.3 is 15.0 Å². The van der Waals surface area contributed by atoms with Crippen LogP contribution in [0.15, 0.2) is 0 Å². The number of nitrogens with two attached hydrogens (primary N) is 1. The molecule has 0 rings (SSSR count). The molecule has 0 amide bonds. The van der Waals surface area contributed by atoms with Crippen LogP contribution in [0, 0.1) is 0 Å². The molecular formula is C2H8BNO2. The predicted molar refractivity (Wildman–Crippen MR) is 24.0 cm³/mol. The second-order valence-electron chi connectivity index (χ2n) is 0.840. The largest absolute Gasteiger partial charge is 0.551 e. The lowest BCUT2D eigenvalue weighted by Gasteiger charge is -1.96. The maximum absolute atomic E-state index is 5.03.